The van der Waals surface area contributed by atoms with E-state index in [-0.39, 0.29) is 5.91 Å². The van der Waals surface area contributed by atoms with Gasteiger partial charge >= 0.3 is 0 Å². The van der Waals surface area contributed by atoms with Crippen LogP contribution in [0.25, 0.3) is 11.3 Å². The minimum Gasteiger partial charge on any atom is -0.338 e. The highest BCUT2D eigenvalue weighted by Crippen LogP contribution is 2.35. The summed E-state index contributed by atoms with van der Waals surface area (Å²) in [5.74, 6) is -0.0381. The summed E-state index contributed by atoms with van der Waals surface area (Å²) in [5.41, 5.74) is 4.01. The van der Waals surface area contributed by atoms with Crippen molar-refractivity contribution >= 4 is 5.91 Å². The van der Waals surface area contributed by atoms with Crippen LogP contribution in [0.2, 0.25) is 0 Å². The number of piperidine rings is 1. The molecule has 150 valence electrons. The van der Waals surface area contributed by atoms with Gasteiger partial charge in [0.1, 0.15) is 0 Å². The fraction of sp³-hybridized carbons (Fsp3) is 0.280. The Hall–Kier alpha value is -3.52. The molecule has 3 aromatic rings. The Bertz CT molecular complexity index is 1060. The maximum atomic E-state index is 13.3. The molecule has 0 radical (unpaired) electrons. The molecule has 0 unspecified atom stereocenters. The van der Waals surface area contributed by atoms with Crippen molar-refractivity contribution < 1.29 is 4.79 Å². The predicted molar refractivity (Wildman–Crippen MR) is 116 cm³/mol. The van der Waals surface area contributed by atoms with Gasteiger partial charge in [-0.3, -0.25) is 14.8 Å². The van der Waals surface area contributed by atoms with E-state index in [2.05, 4.69) is 47.2 Å². The van der Waals surface area contributed by atoms with E-state index >= 15 is 0 Å². The lowest BCUT2D eigenvalue weighted by molar-refractivity contribution is 0.0647. The van der Waals surface area contributed by atoms with Gasteiger partial charge in [0.25, 0.3) is 5.91 Å². The molecule has 5 nitrogen and oxygen atoms in total. The van der Waals surface area contributed by atoms with Crippen LogP contribution in [0.5, 0.6) is 0 Å². The minimum absolute atomic E-state index is 0.0381. The zero-order valence-corrected chi connectivity index (χ0v) is 17.1. The Morgan fingerprint density at radius 2 is 1.83 bits per heavy atom. The molecule has 2 aromatic heterocycles. The smallest absolute Gasteiger partial charge is 0.256 e. The first kappa shape index (κ1) is 19.8. The molecule has 0 atom stereocenters. The fourth-order valence-electron chi connectivity index (χ4n) is 4.04. The van der Waals surface area contributed by atoms with Crippen LogP contribution >= 0.6 is 0 Å². The maximum Gasteiger partial charge on any atom is 0.256 e. The lowest BCUT2D eigenvalue weighted by Crippen LogP contribution is -2.43. The average Bonchev–Trinajstić information content (AvgIpc) is 2.81. The second kappa shape index (κ2) is 8.46. The van der Waals surface area contributed by atoms with Gasteiger partial charge < -0.3 is 4.90 Å². The number of benzene rings is 1. The maximum absolute atomic E-state index is 13.3. The van der Waals surface area contributed by atoms with Crippen LogP contribution in [0.3, 0.4) is 0 Å². The number of pyridine rings is 2. The molecule has 4 rings (SSSR count). The minimum atomic E-state index is -0.423. The van der Waals surface area contributed by atoms with Crippen LogP contribution in [0.15, 0.2) is 67.1 Å². The standard InChI is InChI=1S/C25H24N4O/c1-19-6-8-20(9-7-19)16-25(18-26)10-14-29(15-11-25)24(30)22-5-3-13-28-23(22)21-4-2-12-27-17-21/h2-9,12-13,17H,10-11,14-16H2,1H3. The lowest BCUT2D eigenvalue weighted by Gasteiger charge is -2.37. The predicted octanol–water partition coefficient (Wildman–Crippen LogP) is 4.44. The molecule has 0 N–H and O–H groups in total. The molecule has 1 saturated heterocycles. The topological polar surface area (TPSA) is 69.9 Å². The summed E-state index contributed by atoms with van der Waals surface area (Å²) in [6.45, 7) is 3.20. The average molecular weight is 396 g/mol. The van der Waals surface area contributed by atoms with E-state index in [1.807, 2.05) is 23.1 Å². The molecule has 1 aliphatic heterocycles. The summed E-state index contributed by atoms with van der Waals surface area (Å²) in [6, 6.07) is 18.3. The highest BCUT2D eigenvalue weighted by atomic mass is 16.2. The number of carbonyl (C=O) groups is 1. The van der Waals surface area contributed by atoms with Crippen LogP contribution < -0.4 is 0 Å². The first-order valence-corrected chi connectivity index (χ1v) is 10.2. The van der Waals surface area contributed by atoms with Crippen molar-refractivity contribution in [1.82, 2.24) is 14.9 Å². The Morgan fingerprint density at radius 3 is 2.50 bits per heavy atom. The van der Waals surface area contributed by atoms with Gasteiger partial charge in [0.05, 0.1) is 22.7 Å². The third-order valence-electron chi connectivity index (χ3n) is 5.88. The summed E-state index contributed by atoms with van der Waals surface area (Å²) < 4.78 is 0. The molecule has 0 aliphatic carbocycles. The number of nitrogens with zero attached hydrogens (tertiary/aromatic N) is 4. The Kier molecular flexibility index (Phi) is 5.58. The summed E-state index contributed by atoms with van der Waals surface area (Å²) in [4.78, 5) is 23.7. The molecule has 0 saturated carbocycles. The van der Waals surface area contributed by atoms with E-state index < -0.39 is 5.41 Å². The van der Waals surface area contributed by atoms with E-state index in [0.29, 0.717) is 37.2 Å². The van der Waals surface area contributed by atoms with Crippen molar-refractivity contribution in [2.45, 2.75) is 26.2 Å². The van der Waals surface area contributed by atoms with Gasteiger partial charge in [-0.25, -0.2) is 0 Å². The highest BCUT2D eigenvalue weighted by Gasteiger charge is 2.37. The SMILES string of the molecule is Cc1ccc(CC2(C#N)CCN(C(=O)c3cccnc3-c3cccnc3)CC2)cc1. The zero-order chi connectivity index (χ0) is 21.0. The summed E-state index contributed by atoms with van der Waals surface area (Å²) in [7, 11) is 0. The van der Waals surface area contributed by atoms with Crippen LogP contribution in [0.1, 0.15) is 34.3 Å². The largest absolute Gasteiger partial charge is 0.338 e. The van der Waals surface area contributed by atoms with E-state index in [9.17, 15) is 10.1 Å². The molecule has 30 heavy (non-hydrogen) atoms. The Labute approximate surface area is 177 Å². The van der Waals surface area contributed by atoms with Crippen molar-refractivity contribution in [3.05, 3.63) is 83.8 Å². The molecule has 1 fully saturated rings. The first-order chi connectivity index (χ1) is 14.6. The second-order valence-electron chi connectivity index (χ2n) is 7.99. The van der Waals surface area contributed by atoms with Crippen LogP contribution in [0, 0.1) is 23.7 Å². The van der Waals surface area contributed by atoms with Gasteiger partial charge in [-0.15, -0.1) is 0 Å². The summed E-state index contributed by atoms with van der Waals surface area (Å²) in [6.07, 6.45) is 7.18. The van der Waals surface area contributed by atoms with Gasteiger partial charge in [0, 0.05) is 37.2 Å². The third-order valence-corrected chi connectivity index (χ3v) is 5.88. The van der Waals surface area contributed by atoms with Gasteiger partial charge in [-0.2, -0.15) is 5.26 Å². The molecule has 1 aliphatic rings. The number of amides is 1. The van der Waals surface area contributed by atoms with Crippen molar-refractivity contribution in [2.75, 3.05) is 13.1 Å². The molecule has 1 amide bonds. The van der Waals surface area contributed by atoms with E-state index in [4.69, 9.17) is 0 Å². The number of hydrogen-bond acceptors (Lipinski definition) is 4. The number of aryl methyl sites for hydroxylation is 1. The van der Waals surface area contributed by atoms with E-state index in [1.54, 1.807) is 24.7 Å². The summed E-state index contributed by atoms with van der Waals surface area (Å²) >= 11 is 0. The van der Waals surface area contributed by atoms with Crippen LogP contribution in [-0.4, -0.2) is 33.9 Å². The first-order valence-electron chi connectivity index (χ1n) is 10.2. The van der Waals surface area contributed by atoms with Gasteiger partial charge in [0.15, 0.2) is 0 Å². The Morgan fingerprint density at radius 1 is 1.10 bits per heavy atom. The fourth-order valence-corrected chi connectivity index (χ4v) is 4.04. The lowest BCUT2D eigenvalue weighted by atomic mass is 9.75. The number of carbonyl (C=O) groups excluding carboxylic acids is 1. The number of likely N-dealkylation sites (tertiary alicyclic amines) is 1. The van der Waals surface area contributed by atoms with Gasteiger partial charge in [-0.1, -0.05) is 29.8 Å². The number of nitriles is 1. The van der Waals surface area contributed by atoms with Crippen LogP contribution in [0.4, 0.5) is 0 Å². The zero-order valence-electron chi connectivity index (χ0n) is 17.1. The molecule has 0 spiro atoms. The molecular formula is C25H24N4O. The normalized spacial score (nSPS) is 15.4. The Balaban J connectivity index is 1.50. The molecule has 1 aromatic carbocycles. The summed E-state index contributed by atoms with van der Waals surface area (Å²) in [5, 5.41) is 9.92. The van der Waals surface area contributed by atoms with Crippen molar-refractivity contribution in [2.24, 2.45) is 5.41 Å². The third kappa shape index (κ3) is 4.08. The van der Waals surface area contributed by atoms with Gasteiger partial charge in [0.2, 0.25) is 0 Å². The van der Waals surface area contributed by atoms with E-state index in [1.165, 1.54) is 11.1 Å². The number of aromatic nitrogens is 2. The van der Waals surface area contributed by atoms with Gasteiger partial charge in [-0.05, 0) is 56.0 Å². The van der Waals surface area contributed by atoms with Crippen molar-refractivity contribution in [3.8, 4) is 17.3 Å². The molecule has 3 heterocycles. The number of hydrogen-bond donors (Lipinski definition) is 0. The van der Waals surface area contributed by atoms with E-state index in [0.717, 1.165) is 12.0 Å². The molecule has 0 bridgehead atoms. The quantitative estimate of drug-likeness (QED) is 0.654. The molecule has 5 heteroatoms. The molecular weight excluding hydrogens is 372 g/mol. The highest BCUT2D eigenvalue weighted by molar-refractivity contribution is 5.99. The number of rotatable bonds is 4. The van der Waals surface area contributed by atoms with Crippen molar-refractivity contribution in [1.29, 1.82) is 5.26 Å². The second-order valence-corrected chi connectivity index (χ2v) is 7.99. The van der Waals surface area contributed by atoms with Crippen molar-refractivity contribution in [3.63, 3.8) is 0 Å². The monoisotopic (exact) mass is 396 g/mol. The van der Waals surface area contributed by atoms with Crippen LogP contribution in [-0.2, 0) is 6.42 Å².